The van der Waals surface area contributed by atoms with Crippen LogP contribution < -0.4 is 5.43 Å². The monoisotopic (exact) mass is 240 g/mol. The minimum absolute atomic E-state index is 0.271. The molecule has 0 fully saturated rings. The van der Waals surface area contributed by atoms with Crippen molar-refractivity contribution in [1.82, 2.24) is 15.4 Å². The van der Waals surface area contributed by atoms with Gasteiger partial charge in [0.1, 0.15) is 0 Å². The molecule has 0 aliphatic carbocycles. The van der Waals surface area contributed by atoms with E-state index in [9.17, 15) is 4.79 Å². The minimum Gasteiger partial charge on any atom is -0.267 e. The van der Waals surface area contributed by atoms with Crippen molar-refractivity contribution in [2.45, 2.75) is 6.92 Å². The predicted molar refractivity (Wildman–Crippen MR) is 68.2 cm³/mol. The molecular weight excluding hydrogens is 228 g/mol. The number of hydrogen-bond acceptors (Lipinski definition) is 4. The fraction of sp³-hybridized carbons (Fsp3) is 0.0769. The number of amides is 1. The summed E-state index contributed by atoms with van der Waals surface area (Å²) in [5.41, 5.74) is 4.37. The Bertz CT molecular complexity index is 552. The molecule has 0 radical (unpaired) electrons. The van der Waals surface area contributed by atoms with Crippen LogP contribution in [0.3, 0.4) is 0 Å². The highest BCUT2D eigenvalue weighted by atomic mass is 16.2. The smallest absolute Gasteiger partial charge is 0.267 e. The van der Waals surface area contributed by atoms with Crippen LogP contribution in [0.2, 0.25) is 0 Å². The van der Waals surface area contributed by atoms with Crippen LogP contribution in [0.15, 0.2) is 54.0 Å². The summed E-state index contributed by atoms with van der Waals surface area (Å²) in [4.78, 5) is 19.7. The van der Waals surface area contributed by atoms with E-state index in [-0.39, 0.29) is 5.91 Å². The third-order valence-corrected chi connectivity index (χ3v) is 2.30. The molecule has 5 heteroatoms. The summed E-state index contributed by atoms with van der Waals surface area (Å²) in [6.45, 7) is 1.79. The van der Waals surface area contributed by atoms with E-state index in [1.54, 1.807) is 37.6 Å². The zero-order valence-electron chi connectivity index (χ0n) is 9.87. The van der Waals surface area contributed by atoms with Gasteiger partial charge in [-0.3, -0.25) is 14.8 Å². The van der Waals surface area contributed by atoms with E-state index in [0.29, 0.717) is 11.3 Å². The number of aromatic nitrogens is 2. The van der Waals surface area contributed by atoms with Crippen molar-refractivity contribution in [2.24, 2.45) is 5.10 Å². The average molecular weight is 240 g/mol. The fourth-order valence-corrected chi connectivity index (χ4v) is 1.34. The highest BCUT2D eigenvalue weighted by Gasteiger charge is 2.03. The maximum atomic E-state index is 11.7. The lowest BCUT2D eigenvalue weighted by atomic mass is 10.2. The van der Waals surface area contributed by atoms with Gasteiger partial charge in [0.25, 0.3) is 5.91 Å². The molecule has 2 aromatic heterocycles. The van der Waals surface area contributed by atoms with Crippen molar-refractivity contribution in [3.05, 3.63) is 60.2 Å². The molecule has 5 nitrogen and oxygen atoms in total. The second-order valence-corrected chi connectivity index (χ2v) is 3.59. The topological polar surface area (TPSA) is 67.2 Å². The summed E-state index contributed by atoms with van der Waals surface area (Å²) in [5.74, 6) is -0.271. The first-order valence-corrected chi connectivity index (χ1v) is 5.43. The van der Waals surface area contributed by atoms with Gasteiger partial charge in [-0.2, -0.15) is 5.10 Å². The fourth-order valence-electron chi connectivity index (χ4n) is 1.34. The van der Waals surface area contributed by atoms with Crippen molar-refractivity contribution >= 4 is 11.6 Å². The summed E-state index contributed by atoms with van der Waals surface area (Å²) < 4.78 is 0. The number of carbonyl (C=O) groups excluding carboxylic acids is 1. The Kier molecular flexibility index (Phi) is 3.76. The number of nitrogens with zero attached hydrogens (tertiary/aromatic N) is 3. The predicted octanol–water partition coefficient (Wildman–Crippen LogP) is 1.63. The molecule has 0 aliphatic rings. The van der Waals surface area contributed by atoms with Crippen LogP contribution in [0, 0.1) is 0 Å². The molecule has 2 rings (SSSR count). The Morgan fingerprint density at radius 3 is 2.61 bits per heavy atom. The molecule has 0 unspecified atom stereocenters. The van der Waals surface area contributed by atoms with Crippen molar-refractivity contribution < 1.29 is 4.79 Å². The van der Waals surface area contributed by atoms with Crippen LogP contribution >= 0.6 is 0 Å². The van der Waals surface area contributed by atoms with Crippen LogP contribution in [0.5, 0.6) is 0 Å². The van der Waals surface area contributed by atoms with Gasteiger partial charge in [-0.05, 0) is 31.2 Å². The first-order chi connectivity index (χ1) is 8.77. The molecule has 0 aliphatic heterocycles. The highest BCUT2D eigenvalue weighted by Crippen LogP contribution is 1.98. The molecule has 18 heavy (non-hydrogen) atoms. The van der Waals surface area contributed by atoms with Gasteiger partial charge in [-0.25, -0.2) is 5.43 Å². The lowest BCUT2D eigenvalue weighted by Gasteiger charge is -2.01. The molecule has 90 valence electrons. The molecule has 1 amide bonds. The number of hydrogen-bond donors (Lipinski definition) is 1. The van der Waals surface area contributed by atoms with E-state index in [2.05, 4.69) is 20.5 Å². The summed E-state index contributed by atoms with van der Waals surface area (Å²) in [6.07, 6.45) is 4.80. The van der Waals surface area contributed by atoms with Crippen LogP contribution in [0.25, 0.3) is 0 Å². The number of carbonyl (C=O) groups is 1. The quantitative estimate of drug-likeness (QED) is 0.655. The molecule has 2 heterocycles. The second kappa shape index (κ2) is 5.67. The molecule has 1 N–H and O–H groups in total. The summed E-state index contributed by atoms with van der Waals surface area (Å²) in [6, 6.07) is 8.78. The Labute approximate surface area is 105 Å². The van der Waals surface area contributed by atoms with Crippen molar-refractivity contribution in [3.63, 3.8) is 0 Å². The number of pyridine rings is 2. The van der Waals surface area contributed by atoms with Gasteiger partial charge in [0.05, 0.1) is 11.4 Å². The number of nitrogens with one attached hydrogen (secondary N) is 1. The summed E-state index contributed by atoms with van der Waals surface area (Å²) in [7, 11) is 0. The van der Waals surface area contributed by atoms with Crippen LogP contribution in [-0.4, -0.2) is 21.6 Å². The first kappa shape index (κ1) is 11.9. The van der Waals surface area contributed by atoms with Gasteiger partial charge in [-0.15, -0.1) is 0 Å². The second-order valence-electron chi connectivity index (χ2n) is 3.59. The molecule has 0 atom stereocenters. The first-order valence-electron chi connectivity index (χ1n) is 5.43. The maximum absolute atomic E-state index is 11.7. The van der Waals surface area contributed by atoms with Crippen molar-refractivity contribution in [2.75, 3.05) is 0 Å². The van der Waals surface area contributed by atoms with Crippen LogP contribution in [0.1, 0.15) is 23.0 Å². The van der Waals surface area contributed by atoms with Crippen molar-refractivity contribution in [3.8, 4) is 0 Å². The van der Waals surface area contributed by atoms with Crippen molar-refractivity contribution in [1.29, 1.82) is 0 Å². The molecule has 0 aromatic carbocycles. The van der Waals surface area contributed by atoms with E-state index in [4.69, 9.17) is 0 Å². The molecule has 2 aromatic rings. The zero-order valence-corrected chi connectivity index (χ0v) is 9.87. The van der Waals surface area contributed by atoms with E-state index >= 15 is 0 Å². The Morgan fingerprint density at radius 1 is 1.17 bits per heavy atom. The Hall–Kier alpha value is -2.56. The van der Waals surface area contributed by atoms with Gasteiger partial charge < -0.3 is 0 Å². The largest absolute Gasteiger partial charge is 0.271 e. The molecule has 0 spiro atoms. The van der Waals surface area contributed by atoms with Crippen LogP contribution in [-0.2, 0) is 0 Å². The number of hydrazone groups is 1. The minimum atomic E-state index is -0.271. The molecule has 0 saturated heterocycles. The third-order valence-electron chi connectivity index (χ3n) is 2.30. The van der Waals surface area contributed by atoms with E-state index in [1.807, 2.05) is 18.2 Å². The zero-order chi connectivity index (χ0) is 12.8. The van der Waals surface area contributed by atoms with Gasteiger partial charge >= 0.3 is 0 Å². The molecule has 0 saturated carbocycles. The summed E-state index contributed by atoms with van der Waals surface area (Å²) in [5, 5.41) is 4.00. The normalized spacial score (nSPS) is 11.1. The number of rotatable bonds is 3. The highest BCUT2D eigenvalue weighted by molar-refractivity contribution is 5.99. The lowest BCUT2D eigenvalue weighted by Crippen LogP contribution is -2.19. The van der Waals surface area contributed by atoms with E-state index in [1.165, 1.54) is 0 Å². The Morgan fingerprint density at radius 2 is 1.94 bits per heavy atom. The summed E-state index contributed by atoms with van der Waals surface area (Å²) >= 11 is 0. The third kappa shape index (κ3) is 2.98. The lowest BCUT2D eigenvalue weighted by molar-refractivity contribution is 0.0954. The van der Waals surface area contributed by atoms with Gasteiger partial charge in [0, 0.05) is 24.2 Å². The van der Waals surface area contributed by atoms with Crippen LogP contribution in [0.4, 0.5) is 0 Å². The molecule has 0 bridgehead atoms. The maximum Gasteiger partial charge on any atom is 0.271 e. The van der Waals surface area contributed by atoms with Gasteiger partial charge in [0.15, 0.2) is 0 Å². The Balaban J connectivity index is 2.05. The standard InChI is InChI=1S/C13H12N4O/c1-10(12-4-2-3-7-15-12)16-17-13(18)11-5-8-14-9-6-11/h2-9H,1H3,(H,17,18)/b16-10+. The molecular formula is C13H12N4O. The SMILES string of the molecule is C/C(=N\NC(=O)c1ccncc1)c1ccccn1. The van der Waals surface area contributed by atoms with E-state index < -0.39 is 0 Å². The van der Waals surface area contributed by atoms with Gasteiger partial charge in [-0.1, -0.05) is 6.07 Å². The van der Waals surface area contributed by atoms with Gasteiger partial charge in [0.2, 0.25) is 0 Å². The van der Waals surface area contributed by atoms with E-state index in [0.717, 1.165) is 5.69 Å². The average Bonchev–Trinajstić information content (AvgIpc) is 2.46.